The van der Waals surface area contributed by atoms with E-state index in [4.69, 9.17) is 4.74 Å². The first-order valence-electron chi connectivity index (χ1n) is 6.89. The van der Waals surface area contributed by atoms with E-state index >= 15 is 0 Å². The average Bonchev–Trinajstić information content (AvgIpc) is 2.72. The highest BCUT2D eigenvalue weighted by atomic mass is 16.5. The van der Waals surface area contributed by atoms with Crippen LogP contribution in [0.15, 0.2) is 18.2 Å². The summed E-state index contributed by atoms with van der Waals surface area (Å²) in [5.74, 6) is -1.01. The number of carbonyl (C=O) groups excluding carboxylic acids is 3. The second-order valence-electron chi connectivity index (χ2n) is 4.81. The number of nitrogens with one attached hydrogen (secondary N) is 1. The van der Waals surface area contributed by atoms with E-state index in [-0.39, 0.29) is 12.5 Å². The Kier molecular flexibility index (Phi) is 4.57. The minimum absolute atomic E-state index is 0.158. The van der Waals surface area contributed by atoms with E-state index in [9.17, 15) is 14.4 Å². The third kappa shape index (κ3) is 3.04. The maximum Gasteiger partial charge on any atom is 0.299 e. The third-order valence-corrected chi connectivity index (χ3v) is 3.33. The molecular weight excluding hydrogens is 272 g/mol. The second-order valence-corrected chi connectivity index (χ2v) is 4.81. The van der Waals surface area contributed by atoms with Gasteiger partial charge < -0.3 is 10.1 Å². The second kappa shape index (κ2) is 6.39. The minimum atomic E-state index is -0.677. The molecular formula is C15H18N2O4. The molecule has 1 aromatic carbocycles. The Morgan fingerprint density at radius 2 is 2.10 bits per heavy atom. The lowest BCUT2D eigenvalue weighted by atomic mass is 10.1. The van der Waals surface area contributed by atoms with Crippen LogP contribution in [0, 0.1) is 0 Å². The van der Waals surface area contributed by atoms with E-state index in [0.717, 1.165) is 12.8 Å². The van der Waals surface area contributed by atoms with Crippen molar-refractivity contribution < 1.29 is 19.1 Å². The van der Waals surface area contributed by atoms with Gasteiger partial charge in [0.1, 0.15) is 12.3 Å². The van der Waals surface area contributed by atoms with Crippen molar-refractivity contribution in [3.05, 3.63) is 23.8 Å². The Labute approximate surface area is 123 Å². The minimum Gasteiger partial charge on any atom is -0.497 e. The molecule has 1 aromatic rings. The van der Waals surface area contributed by atoms with Gasteiger partial charge >= 0.3 is 0 Å². The molecule has 0 saturated carbocycles. The first-order valence-corrected chi connectivity index (χ1v) is 6.89. The molecule has 1 N–H and O–H groups in total. The molecule has 1 aliphatic heterocycles. The Morgan fingerprint density at radius 3 is 2.76 bits per heavy atom. The summed E-state index contributed by atoms with van der Waals surface area (Å²) in [4.78, 5) is 36.9. The van der Waals surface area contributed by atoms with Crippen LogP contribution in [0.4, 0.5) is 5.69 Å². The van der Waals surface area contributed by atoms with Gasteiger partial charge in [-0.2, -0.15) is 0 Å². The molecule has 112 valence electrons. The lowest BCUT2D eigenvalue weighted by Crippen LogP contribution is -2.40. The molecule has 2 rings (SSSR count). The quantitative estimate of drug-likeness (QED) is 0.629. The van der Waals surface area contributed by atoms with Gasteiger partial charge in [-0.15, -0.1) is 0 Å². The number of ether oxygens (including phenoxy) is 1. The molecule has 0 bridgehead atoms. The summed E-state index contributed by atoms with van der Waals surface area (Å²) in [6.45, 7) is 2.43. The molecule has 0 saturated heterocycles. The van der Waals surface area contributed by atoms with Gasteiger partial charge in [0.25, 0.3) is 11.7 Å². The van der Waals surface area contributed by atoms with Crippen molar-refractivity contribution in [2.75, 3.05) is 25.1 Å². The van der Waals surface area contributed by atoms with Crippen LogP contribution in [-0.4, -0.2) is 37.8 Å². The molecule has 1 aliphatic rings. The molecule has 0 aliphatic carbocycles. The van der Waals surface area contributed by atoms with Crippen molar-refractivity contribution in [2.24, 2.45) is 0 Å². The fourth-order valence-electron chi connectivity index (χ4n) is 2.16. The van der Waals surface area contributed by atoms with E-state index in [1.807, 2.05) is 6.92 Å². The number of anilines is 1. The summed E-state index contributed by atoms with van der Waals surface area (Å²) in [5.41, 5.74) is 0.733. The van der Waals surface area contributed by atoms with Crippen LogP contribution in [0.25, 0.3) is 0 Å². The van der Waals surface area contributed by atoms with Crippen molar-refractivity contribution in [1.29, 1.82) is 0 Å². The number of rotatable bonds is 6. The van der Waals surface area contributed by atoms with Gasteiger partial charge in [-0.25, -0.2) is 0 Å². The SMILES string of the molecule is CCCCNC(=O)CN1C(=O)C(=O)c2ccc(OC)cc21. The summed E-state index contributed by atoms with van der Waals surface area (Å²) < 4.78 is 5.09. The molecule has 6 heteroatoms. The maximum atomic E-state index is 12.0. The predicted molar refractivity (Wildman–Crippen MR) is 77.6 cm³/mol. The number of ketones is 1. The van der Waals surface area contributed by atoms with Crippen LogP contribution in [0.2, 0.25) is 0 Å². The molecule has 0 fully saturated rings. The zero-order valence-electron chi connectivity index (χ0n) is 12.1. The Balaban J connectivity index is 2.16. The largest absolute Gasteiger partial charge is 0.497 e. The van der Waals surface area contributed by atoms with Gasteiger partial charge in [0, 0.05) is 12.6 Å². The summed E-state index contributed by atoms with van der Waals surface area (Å²) in [6, 6.07) is 4.76. The Hall–Kier alpha value is -2.37. The van der Waals surface area contributed by atoms with Gasteiger partial charge in [0.05, 0.1) is 18.4 Å². The maximum absolute atomic E-state index is 12.0. The van der Waals surface area contributed by atoms with Crippen LogP contribution in [0.3, 0.4) is 0 Å². The Bertz CT molecular complexity index is 583. The zero-order chi connectivity index (χ0) is 15.4. The number of Topliss-reactive ketones (excluding diaryl/α,β-unsaturated/α-hetero) is 1. The van der Waals surface area contributed by atoms with Gasteiger partial charge in [0.15, 0.2) is 0 Å². The van der Waals surface area contributed by atoms with Crippen molar-refractivity contribution in [2.45, 2.75) is 19.8 Å². The van der Waals surface area contributed by atoms with Crippen molar-refractivity contribution in [1.82, 2.24) is 5.32 Å². The number of benzene rings is 1. The van der Waals surface area contributed by atoms with E-state index in [1.165, 1.54) is 12.0 Å². The summed E-state index contributed by atoms with van der Waals surface area (Å²) in [6.07, 6.45) is 1.85. The molecule has 1 heterocycles. The highest BCUT2D eigenvalue weighted by Crippen LogP contribution is 2.32. The van der Waals surface area contributed by atoms with Crippen molar-refractivity contribution >= 4 is 23.3 Å². The Morgan fingerprint density at radius 1 is 1.33 bits per heavy atom. The topological polar surface area (TPSA) is 75.7 Å². The van der Waals surface area contributed by atoms with E-state index in [0.29, 0.717) is 23.5 Å². The van der Waals surface area contributed by atoms with E-state index < -0.39 is 11.7 Å². The van der Waals surface area contributed by atoms with Crippen LogP contribution < -0.4 is 15.0 Å². The van der Waals surface area contributed by atoms with Crippen molar-refractivity contribution in [3.8, 4) is 5.75 Å². The molecule has 21 heavy (non-hydrogen) atoms. The van der Waals surface area contributed by atoms with Gasteiger partial charge in [-0.05, 0) is 18.6 Å². The van der Waals surface area contributed by atoms with Gasteiger partial charge in [-0.1, -0.05) is 13.3 Å². The summed E-state index contributed by atoms with van der Waals surface area (Å²) in [7, 11) is 1.50. The van der Waals surface area contributed by atoms with Crippen molar-refractivity contribution in [3.63, 3.8) is 0 Å². The highest BCUT2D eigenvalue weighted by molar-refractivity contribution is 6.52. The third-order valence-electron chi connectivity index (χ3n) is 3.33. The molecule has 2 amide bonds. The number of amides is 2. The first kappa shape index (κ1) is 15.0. The van der Waals surface area contributed by atoms with Gasteiger partial charge in [-0.3, -0.25) is 19.3 Å². The smallest absolute Gasteiger partial charge is 0.299 e. The highest BCUT2D eigenvalue weighted by Gasteiger charge is 2.36. The van der Waals surface area contributed by atoms with E-state index in [1.54, 1.807) is 18.2 Å². The molecule has 0 spiro atoms. The van der Waals surface area contributed by atoms with Crippen LogP contribution >= 0.6 is 0 Å². The molecule has 6 nitrogen and oxygen atoms in total. The van der Waals surface area contributed by atoms with Crippen LogP contribution in [0.5, 0.6) is 5.75 Å². The van der Waals surface area contributed by atoms with Crippen LogP contribution in [-0.2, 0) is 9.59 Å². The number of fused-ring (bicyclic) bond motifs is 1. The van der Waals surface area contributed by atoms with Crippen LogP contribution in [0.1, 0.15) is 30.1 Å². The molecule has 0 radical (unpaired) electrons. The number of hydrogen-bond acceptors (Lipinski definition) is 4. The number of hydrogen-bond donors (Lipinski definition) is 1. The average molecular weight is 290 g/mol. The first-order chi connectivity index (χ1) is 10.1. The molecule has 0 unspecified atom stereocenters. The number of carbonyl (C=O) groups is 3. The fraction of sp³-hybridized carbons (Fsp3) is 0.400. The van der Waals surface area contributed by atoms with Gasteiger partial charge in [0.2, 0.25) is 5.91 Å². The summed E-state index contributed by atoms with van der Waals surface area (Å²) >= 11 is 0. The standard InChI is InChI=1S/C15H18N2O4/c1-3-4-7-16-13(18)9-17-12-8-10(21-2)5-6-11(12)14(19)15(17)20/h5-6,8H,3-4,7,9H2,1-2H3,(H,16,18). The fourth-order valence-corrected chi connectivity index (χ4v) is 2.16. The summed E-state index contributed by atoms with van der Waals surface area (Å²) in [5, 5.41) is 2.73. The lowest BCUT2D eigenvalue weighted by Gasteiger charge is -2.16. The number of methoxy groups -OCH3 is 1. The molecule has 0 atom stereocenters. The van der Waals surface area contributed by atoms with E-state index in [2.05, 4.69) is 5.32 Å². The zero-order valence-corrected chi connectivity index (χ0v) is 12.1. The normalized spacial score (nSPS) is 13.3. The number of unbranched alkanes of at least 4 members (excludes halogenated alkanes) is 1. The monoisotopic (exact) mass is 290 g/mol. The predicted octanol–water partition coefficient (Wildman–Crippen LogP) is 1.14. The lowest BCUT2D eigenvalue weighted by molar-refractivity contribution is -0.122. The molecule has 0 aromatic heterocycles. The number of nitrogens with zero attached hydrogens (tertiary/aromatic N) is 1.